The molecule has 1 atom stereocenters. The molecule has 4 nitrogen and oxygen atoms in total. The molecular formula is C17H27NO3S. The fourth-order valence-electron chi connectivity index (χ4n) is 5.10. The van der Waals surface area contributed by atoms with Crippen molar-refractivity contribution in [1.29, 1.82) is 0 Å². The Morgan fingerprint density at radius 3 is 2.23 bits per heavy atom. The van der Waals surface area contributed by atoms with Gasteiger partial charge in [0.2, 0.25) is 5.91 Å². The second-order valence-corrected chi connectivity index (χ2v) is 8.77. The lowest BCUT2D eigenvalue weighted by Crippen LogP contribution is -2.60. The van der Waals surface area contributed by atoms with Gasteiger partial charge in [0.15, 0.2) is 0 Å². The second-order valence-electron chi connectivity index (χ2n) is 7.45. The molecule has 0 spiro atoms. The third-order valence-electron chi connectivity index (χ3n) is 5.55. The maximum atomic E-state index is 12.5. The van der Waals surface area contributed by atoms with Gasteiger partial charge in [-0.15, -0.1) is 11.8 Å². The van der Waals surface area contributed by atoms with E-state index in [2.05, 4.69) is 5.32 Å². The molecule has 0 aliphatic heterocycles. The normalized spacial score (nSPS) is 36.9. The van der Waals surface area contributed by atoms with E-state index in [1.807, 2.05) is 6.92 Å². The van der Waals surface area contributed by atoms with E-state index in [0.29, 0.717) is 6.61 Å². The van der Waals surface area contributed by atoms with E-state index in [0.717, 1.165) is 17.8 Å². The first-order valence-corrected chi connectivity index (χ1v) is 9.64. The number of nitrogens with one attached hydrogen (secondary N) is 1. The minimum Gasteiger partial charge on any atom is -0.465 e. The molecule has 0 aromatic heterocycles. The molecule has 4 bridgehead atoms. The zero-order valence-corrected chi connectivity index (χ0v) is 14.4. The van der Waals surface area contributed by atoms with Crippen molar-refractivity contribution in [1.82, 2.24) is 5.32 Å². The minimum atomic E-state index is -0.234. The Morgan fingerprint density at radius 1 is 1.18 bits per heavy atom. The highest BCUT2D eigenvalue weighted by Crippen LogP contribution is 2.55. The average Bonchev–Trinajstić information content (AvgIpc) is 2.43. The van der Waals surface area contributed by atoms with Gasteiger partial charge < -0.3 is 10.1 Å². The van der Waals surface area contributed by atoms with Crippen LogP contribution in [0, 0.1) is 17.8 Å². The van der Waals surface area contributed by atoms with Gasteiger partial charge in [0.05, 0.1) is 17.6 Å². The smallest absolute Gasteiger partial charge is 0.315 e. The van der Waals surface area contributed by atoms with E-state index in [1.165, 1.54) is 50.3 Å². The summed E-state index contributed by atoms with van der Waals surface area (Å²) in [7, 11) is 0. The van der Waals surface area contributed by atoms with Crippen LogP contribution >= 0.6 is 11.8 Å². The first-order valence-electron chi connectivity index (χ1n) is 8.59. The third-order valence-corrected chi connectivity index (χ3v) is 6.67. The van der Waals surface area contributed by atoms with Crippen molar-refractivity contribution in [2.24, 2.45) is 17.8 Å². The van der Waals surface area contributed by atoms with Crippen molar-refractivity contribution in [2.45, 2.75) is 63.2 Å². The fourth-order valence-corrected chi connectivity index (χ4v) is 5.78. The Morgan fingerprint density at radius 2 is 1.73 bits per heavy atom. The van der Waals surface area contributed by atoms with Gasteiger partial charge in [-0.25, -0.2) is 0 Å². The molecule has 0 aromatic carbocycles. The van der Waals surface area contributed by atoms with Crippen molar-refractivity contribution >= 4 is 23.6 Å². The summed E-state index contributed by atoms with van der Waals surface area (Å²) in [5.41, 5.74) is 0.0601. The first kappa shape index (κ1) is 16.2. The monoisotopic (exact) mass is 325 g/mol. The van der Waals surface area contributed by atoms with Crippen LogP contribution in [0.1, 0.15) is 52.4 Å². The van der Waals surface area contributed by atoms with Crippen molar-refractivity contribution in [3.63, 3.8) is 0 Å². The first-order chi connectivity index (χ1) is 10.5. The number of hydrogen-bond acceptors (Lipinski definition) is 4. The van der Waals surface area contributed by atoms with Crippen molar-refractivity contribution in [3.8, 4) is 0 Å². The Bertz CT molecular complexity index is 416. The molecular weight excluding hydrogens is 298 g/mol. The van der Waals surface area contributed by atoms with Crippen LogP contribution in [0.2, 0.25) is 0 Å². The van der Waals surface area contributed by atoms with Crippen LogP contribution in [-0.2, 0) is 14.3 Å². The van der Waals surface area contributed by atoms with Gasteiger partial charge in [0.1, 0.15) is 0 Å². The van der Waals surface area contributed by atoms with Gasteiger partial charge in [-0.2, -0.15) is 0 Å². The topological polar surface area (TPSA) is 55.4 Å². The molecule has 1 amide bonds. The summed E-state index contributed by atoms with van der Waals surface area (Å²) in [5.74, 6) is 2.60. The quantitative estimate of drug-likeness (QED) is 0.763. The Hall–Kier alpha value is -0.710. The van der Waals surface area contributed by atoms with Gasteiger partial charge in [-0.1, -0.05) is 0 Å². The minimum absolute atomic E-state index is 0.0601. The maximum absolute atomic E-state index is 12.5. The molecule has 0 aromatic rings. The number of ether oxygens (including phenoxy) is 1. The molecule has 4 aliphatic carbocycles. The summed E-state index contributed by atoms with van der Waals surface area (Å²) < 4.78 is 4.91. The van der Waals surface area contributed by atoms with E-state index in [-0.39, 0.29) is 28.4 Å². The molecule has 5 heteroatoms. The Balaban J connectivity index is 1.52. The van der Waals surface area contributed by atoms with Crippen LogP contribution in [0.3, 0.4) is 0 Å². The van der Waals surface area contributed by atoms with E-state index in [4.69, 9.17) is 4.74 Å². The van der Waals surface area contributed by atoms with Crippen LogP contribution in [0.5, 0.6) is 0 Å². The summed E-state index contributed by atoms with van der Waals surface area (Å²) >= 11 is 1.37. The zero-order valence-electron chi connectivity index (χ0n) is 13.6. The highest BCUT2D eigenvalue weighted by Gasteiger charge is 2.51. The standard InChI is InChI=1S/C17H27NO3S/c1-3-21-15(19)10-22-11(2)16(20)18-17-7-12-4-13(8-17)6-14(5-12)9-17/h11-14H,3-10H2,1-2H3,(H,18,20). The highest BCUT2D eigenvalue weighted by molar-refractivity contribution is 8.01. The summed E-state index contributed by atoms with van der Waals surface area (Å²) in [5, 5.41) is 3.17. The van der Waals surface area contributed by atoms with E-state index in [1.54, 1.807) is 6.92 Å². The Kier molecular flexibility index (Phi) is 4.72. The van der Waals surface area contributed by atoms with Crippen LogP contribution in [-0.4, -0.2) is 35.0 Å². The van der Waals surface area contributed by atoms with Crippen molar-refractivity contribution < 1.29 is 14.3 Å². The summed E-state index contributed by atoms with van der Waals surface area (Å²) in [6.45, 7) is 4.08. The number of esters is 1. The predicted octanol–water partition coefficient (Wildman–Crippen LogP) is 2.76. The summed E-state index contributed by atoms with van der Waals surface area (Å²) in [4.78, 5) is 23.9. The van der Waals surface area contributed by atoms with E-state index < -0.39 is 0 Å². The summed E-state index contributed by atoms with van der Waals surface area (Å²) in [6.07, 6.45) is 7.63. The SMILES string of the molecule is CCOC(=O)CSC(C)C(=O)NC12CC3CC(CC(C3)C1)C2. The number of rotatable bonds is 6. The predicted molar refractivity (Wildman–Crippen MR) is 87.6 cm³/mol. The molecule has 4 saturated carbocycles. The molecule has 4 aliphatic rings. The molecule has 0 saturated heterocycles. The second kappa shape index (κ2) is 6.42. The van der Waals surface area contributed by atoms with Gasteiger partial charge >= 0.3 is 5.97 Å². The van der Waals surface area contributed by atoms with Gasteiger partial charge in [-0.05, 0) is 70.1 Å². The van der Waals surface area contributed by atoms with Crippen LogP contribution in [0.15, 0.2) is 0 Å². The molecule has 4 fully saturated rings. The van der Waals surface area contributed by atoms with Crippen molar-refractivity contribution in [2.75, 3.05) is 12.4 Å². The molecule has 0 heterocycles. The lowest BCUT2D eigenvalue weighted by atomic mass is 9.53. The highest BCUT2D eigenvalue weighted by atomic mass is 32.2. The maximum Gasteiger partial charge on any atom is 0.315 e. The van der Waals surface area contributed by atoms with Crippen LogP contribution < -0.4 is 5.32 Å². The van der Waals surface area contributed by atoms with Crippen molar-refractivity contribution in [3.05, 3.63) is 0 Å². The molecule has 1 unspecified atom stereocenters. The van der Waals surface area contributed by atoms with E-state index in [9.17, 15) is 9.59 Å². The number of hydrogen-bond donors (Lipinski definition) is 1. The van der Waals surface area contributed by atoms with E-state index >= 15 is 0 Å². The third kappa shape index (κ3) is 3.44. The van der Waals surface area contributed by atoms with Gasteiger partial charge in [0, 0.05) is 5.54 Å². The number of carbonyl (C=O) groups is 2. The number of amides is 1. The molecule has 4 rings (SSSR count). The molecule has 22 heavy (non-hydrogen) atoms. The molecule has 0 radical (unpaired) electrons. The van der Waals surface area contributed by atoms with Gasteiger partial charge in [0.25, 0.3) is 0 Å². The lowest BCUT2D eigenvalue weighted by Gasteiger charge is -2.57. The lowest BCUT2D eigenvalue weighted by molar-refractivity contribution is -0.139. The van der Waals surface area contributed by atoms with Crippen LogP contribution in [0.4, 0.5) is 0 Å². The largest absolute Gasteiger partial charge is 0.465 e. The average molecular weight is 325 g/mol. The molecule has 124 valence electrons. The van der Waals surface area contributed by atoms with Gasteiger partial charge in [-0.3, -0.25) is 9.59 Å². The fraction of sp³-hybridized carbons (Fsp3) is 0.882. The van der Waals surface area contributed by atoms with Crippen LogP contribution in [0.25, 0.3) is 0 Å². The Labute approximate surface area is 137 Å². The zero-order chi connectivity index (χ0) is 15.7. The summed E-state index contributed by atoms with van der Waals surface area (Å²) in [6, 6.07) is 0. The molecule has 1 N–H and O–H groups in total. The number of carbonyl (C=O) groups excluding carboxylic acids is 2. The number of thioether (sulfide) groups is 1.